The summed E-state index contributed by atoms with van der Waals surface area (Å²) >= 11 is 1.44. The molecule has 98 valence electrons. The Labute approximate surface area is 115 Å². The lowest BCUT2D eigenvalue weighted by Gasteiger charge is -2.17. The standard InChI is InChI=1S/C15H14FNOS/c16-13-8-6-12(7-9-13)15(19-10-14(17)18)11-4-2-1-3-5-11/h1-9,15H,10H2,(H2,17,18). The molecule has 0 saturated carbocycles. The highest BCUT2D eigenvalue weighted by Gasteiger charge is 2.15. The molecule has 4 heteroatoms. The van der Waals surface area contributed by atoms with Gasteiger partial charge in [-0.3, -0.25) is 4.79 Å². The number of hydrogen-bond acceptors (Lipinski definition) is 2. The number of rotatable bonds is 5. The second-order valence-electron chi connectivity index (χ2n) is 4.12. The fourth-order valence-corrected chi connectivity index (χ4v) is 2.85. The number of amides is 1. The normalized spacial score (nSPS) is 12.1. The molecule has 1 amide bonds. The molecule has 0 aliphatic rings. The zero-order valence-electron chi connectivity index (χ0n) is 10.3. The Morgan fingerprint density at radius 1 is 1.05 bits per heavy atom. The zero-order chi connectivity index (χ0) is 13.7. The quantitative estimate of drug-likeness (QED) is 0.911. The van der Waals surface area contributed by atoms with Crippen LogP contribution in [0, 0.1) is 5.82 Å². The number of hydrogen-bond donors (Lipinski definition) is 1. The van der Waals surface area contributed by atoms with Gasteiger partial charge in [0.1, 0.15) is 5.82 Å². The van der Waals surface area contributed by atoms with Crippen molar-refractivity contribution in [2.75, 3.05) is 5.75 Å². The lowest BCUT2D eigenvalue weighted by molar-refractivity contribution is -0.115. The molecule has 1 atom stereocenters. The summed E-state index contributed by atoms with van der Waals surface area (Å²) < 4.78 is 13.0. The van der Waals surface area contributed by atoms with E-state index in [-0.39, 0.29) is 22.7 Å². The largest absolute Gasteiger partial charge is 0.369 e. The molecule has 0 aromatic heterocycles. The first-order chi connectivity index (χ1) is 9.16. The average molecular weight is 275 g/mol. The summed E-state index contributed by atoms with van der Waals surface area (Å²) in [6.45, 7) is 0. The van der Waals surface area contributed by atoms with E-state index in [1.807, 2.05) is 30.3 Å². The van der Waals surface area contributed by atoms with Crippen molar-refractivity contribution in [1.29, 1.82) is 0 Å². The van der Waals surface area contributed by atoms with E-state index in [1.54, 1.807) is 12.1 Å². The molecule has 0 bridgehead atoms. The molecule has 0 fully saturated rings. The molecule has 2 rings (SSSR count). The summed E-state index contributed by atoms with van der Waals surface area (Å²) in [5.74, 6) is -0.389. The Kier molecular flexibility index (Phi) is 4.58. The van der Waals surface area contributed by atoms with E-state index in [9.17, 15) is 9.18 Å². The van der Waals surface area contributed by atoms with Gasteiger partial charge in [0.15, 0.2) is 0 Å². The maximum absolute atomic E-state index is 13.0. The van der Waals surface area contributed by atoms with Gasteiger partial charge < -0.3 is 5.73 Å². The van der Waals surface area contributed by atoms with Gasteiger partial charge in [0.05, 0.1) is 11.0 Å². The van der Waals surface area contributed by atoms with Crippen LogP contribution in [0.5, 0.6) is 0 Å². The molecule has 2 nitrogen and oxygen atoms in total. The van der Waals surface area contributed by atoms with E-state index in [4.69, 9.17) is 5.73 Å². The van der Waals surface area contributed by atoms with Gasteiger partial charge in [0, 0.05) is 0 Å². The Bertz CT molecular complexity index is 542. The Morgan fingerprint density at radius 3 is 2.21 bits per heavy atom. The van der Waals surface area contributed by atoms with Gasteiger partial charge in [-0.1, -0.05) is 42.5 Å². The highest BCUT2D eigenvalue weighted by atomic mass is 32.2. The van der Waals surface area contributed by atoms with Crippen molar-refractivity contribution in [3.63, 3.8) is 0 Å². The highest BCUT2D eigenvalue weighted by molar-refractivity contribution is 8.00. The minimum atomic E-state index is -0.354. The van der Waals surface area contributed by atoms with Gasteiger partial charge in [0.2, 0.25) is 5.91 Å². The van der Waals surface area contributed by atoms with Gasteiger partial charge in [-0.25, -0.2) is 4.39 Å². The summed E-state index contributed by atoms with van der Waals surface area (Å²) in [4.78, 5) is 11.0. The van der Waals surface area contributed by atoms with Gasteiger partial charge >= 0.3 is 0 Å². The van der Waals surface area contributed by atoms with E-state index in [1.165, 1.54) is 23.9 Å². The summed E-state index contributed by atoms with van der Waals surface area (Å²) in [5.41, 5.74) is 7.23. The monoisotopic (exact) mass is 275 g/mol. The summed E-state index contributed by atoms with van der Waals surface area (Å²) in [7, 11) is 0. The maximum Gasteiger partial charge on any atom is 0.227 e. The molecule has 2 aromatic carbocycles. The second-order valence-corrected chi connectivity index (χ2v) is 5.21. The molecule has 0 aliphatic carbocycles. The van der Waals surface area contributed by atoms with Gasteiger partial charge in [0.25, 0.3) is 0 Å². The topological polar surface area (TPSA) is 43.1 Å². The third-order valence-corrected chi connectivity index (χ3v) is 4.00. The lowest BCUT2D eigenvalue weighted by atomic mass is 10.0. The third-order valence-electron chi connectivity index (χ3n) is 2.67. The lowest BCUT2D eigenvalue weighted by Crippen LogP contribution is -2.14. The Morgan fingerprint density at radius 2 is 1.63 bits per heavy atom. The molecule has 0 heterocycles. The Hall–Kier alpha value is -1.81. The fourth-order valence-electron chi connectivity index (χ4n) is 1.82. The van der Waals surface area contributed by atoms with Gasteiger partial charge in [-0.2, -0.15) is 0 Å². The second kappa shape index (κ2) is 6.38. The van der Waals surface area contributed by atoms with E-state index in [0.717, 1.165) is 11.1 Å². The van der Waals surface area contributed by atoms with Crippen molar-refractivity contribution in [3.05, 3.63) is 71.5 Å². The molecule has 1 unspecified atom stereocenters. The van der Waals surface area contributed by atoms with Crippen molar-refractivity contribution < 1.29 is 9.18 Å². The number of benzene rings is 2. The van der Waals surface area contributed by atoms with Crippen LogP contribution in [0.15, 0.2) is 54.6 Å². The van der Waals surface area contributed by atoms with Crippen LogP contribution in [0.3, 0.4) is 0 Å². The predicted octanol–water partition coefficient (Wildman–Crippen LogP) is 3.13. The average Bonchev–Trinajstić information content (AvgIpc) is 2.42. The van der Waals surface area contributed by atoms with Crippen LogP contribution in [0.4, 0.5) is 4.39 Å². The molecule has 2 N–H and O–H groups in total. The van der Waals surface area contributed by atoms with Crippen molar-refractivity contribution in [2.45, 2.75) is 5.25 Å². The maximum atomic E-state index is 13.0. The van der Waals surface area contributed by atoms with Crippen LogP contribution in [0.1, 0.15) is 16.4 Å². The summed E-state index contributed by atoms with van der Waals surface area (Å²) in [5, 5.41) is -0.0192. The van der Waals surface area contributed by atoms with Crippen LogP contribution in [-0.2, 0) is 4.79 Å². The first kappa shape index (κ1) is 13.6. The molecule has 0 radical (unpaired) electrons. The molecule has 0 saturated heterocycles. The summed E-state index contributed by atoms with van der Waals surface area (Å²) in [6.07, 6.45) is 0. The van der Waals surface area contributed by atoms with Crippen LogP contribution in [0.2, 0.25) is 0 Å². The van der Waals surface area contributed by atoms with Crippen molar-refractivity contribution >= 4 is 17.7 Å². The number of thioether (sulfide) groups is 1. The molecular weight excluding hydrogens is 261 g/mol. The number of primary amides is 1. The third kappa shape index (κ3) is 3.83. The van der Waals surface area contributed by atoms with Crippen molar-refractivity contribution in [3.8, 4) is 0 Å². The van der Waals surface area contributed by atoms with Gasteiger partial charge in [-0.15, -0.1) is 11.8 Å². The van der Waals surface area contributed by atoms with Crippen LogP contribution in [0.25, 0.3) is 0 Å². The van der Waals surface area contributed by atoms with Gasteiger partial charge in [-0.05, 0) is 23.3 Å². The van der Waals surface area contributed by atoms with Crippen LogP contribution < -0.4 is 5.73 Å². The number of halogens is 1. The predicted molar refractivity (Wildman–Crippen MR) is 76.3 cm³/mol. The fraction of sp³-hybridized carbons (Fsp3) is 0.133. The van der Waals surface area contributed by atoms with Crippen molar-refractivity contribution in [2.24, 2.45) is 5.73 Å². The molecule has 0 aliphatic heterocycles. The molecule has 0 spiro atoms. The number of nitrogens with two attached hydrogens (primary N) is 1. The van der Waals surface area contributed by atoms with Crippen LogP contribution in [-0.4, -0.2) is 11.7 Å². The Balaban J connectivity index is 2.28. The molecule has 2 aromatic rings. The van der Waals surface area contributed by atoms with Crippen LogP contribution >= 0.6 is 11.8 Å². The van der Waals surface area contributed by atoms with E-state index < -0.39 is 0 Å². The molecule has 19 heavy (non-hydrogen) atoms. The number of carbonyl (C=O) groups is 1. The molecular formula is C15H14FNOS. The van der Waals surface area contributed by atoms with E-state index in [2.05, 4.69) is 0 Å². The number of carbonyl (C=O) groups excluding carboxylic acids is 1. The first-order valence-corrected chi connectivity index (χ1v) is 6.92. The summed E-state index contributed by atoms with van der Waals surface area (Å²) in [6, 6.07) is 16.1. The highest BCUT2D eigenvalue weighted by Crippen LogP contribution is 2.35. The minimum Gasteiger partial charge on any atom is -0.369 e. The van der Waals surface area contributed by atoms with E-state index >= 15 is 0 Å². The minimum absolute atomic E-state index is 0.0192. The van der Waals surface area contributed by atoms with E-state index in [0.29, 0.717) is 0 Å². The zero-order valence-corrected chi connectivity index (χ0v) is 11.1. The first-order valence-electron chi connectivity index (χ1n) is 5.87. The smallest absolute Gasteiger partial charge is 0.227 e. The van der Waals surface area contributed by atoms with Crippen molar-refractivity contribution in [1.82, 2.24) is 0 Å². The SMILES string of the molecule is NC(=O)CSC(c1ccccc1)c1ccc(F)cc1.